The molecule has 0 spiro atoms. The highest BCUT2D eigenvalue weighted by atomic mass is 32.2. The van der Waals surface area contributed by atoms with Crippen LogP contribution in [0.3, 0.4) is 0 Å². The second-order valence-corrected chi connectivity index (χ2v) is 9.30. The number of rotatable bonds is 4. The molecule has 1 unspecified atom stereocenters. The molecule has 2 rings (SSSR count). The van der Waals surface area contributed by atoms with Gasteiger partial charge in [0.25, 0.3) is 10.0 Å². The molecule has 1 N–H and O–H groups in total. The fourth-order valence-electron chi connectivity index (χ4n) is 2.06. The summed E-state index contributed by atoms with van der Waals surface area (Å²) in [5, 5.41) is 9.58. The molecule has 19 heavy (non-hydrogen) atoms. The molecule has 2 heterocycles. The van der Waals surface area contributed by atoms with Crippen molar-refractivity contribution in [2.75, 3.05) is 18.8 Å². The van der Waals surface area contributed by atoms with Crippen molar-refractivity contribution in [2.45, 2.75) is 36.3 Å². The van der Waals surface area contributed by atoms with Gasteiger partial charge in [0.2, 0.25) is 0 Å². The number of thioether (sulfide) groups is 1. The number of aryl methyl sites for hydroxylation is 1. The Morgan fingerprint density at radius 1 is 1.53 bits per heavy atom. The van der Waals surface area contributed by atoms with Crippen molar-refractivity contribution in [1.29, 1.82) is 0 Å². The van der Waals surface area contributed by atoms with Gasteiger partial charge in [0.15, 0.2) is 0 Å². The Balaban J connectivity index is 2.25. The summed E-state index contributed by atoms with van der Waals surface area (Å²) in [4.78, 5) is 0.733. The molecule has 7 heteroatoms. The molecule has 1 aliphatic rings. The molecule has 1 fully saturated rings. The highest BCUT2D eigenvalue weighted by Crippen LogP contribution is 2.31. The van der Waals surface area contributed by atoms with E-state index in [0.29, 0.717) is 22.5 Å². The molecule has 1 aromatic rings. The first kappa shape index (κ1) is 15.3. The Labute approximate surface area is 122 Å². The van der Waals surface area contributed by atoms with Gasteiger partial charge in [-0.3, -0.25) is 0 Å². The number of aliphatic hydroxyl groups excluding tert-OH is 1. The van der Waals surface area contributed by atoms with Crippen molar-refractivity contribution in [1.82, 2.24) is 4.31 Å². The van der Waals surface area contributed by atoms with E-state index in [0.717, 1.165) is 22.6 Å². The lowest BCUT2D eigenvalue weighted by molar-refractivity contribution is 0.285. The second kappa shape index (κ2) is 6.13. The monoisotopic (exact) mass is 321 g/mol. The van der Waals surface area contributed by atoms with E-state index in [-0.39, 0.29) is 6.61 Å². The predicted molar refractivity (Wildman–Crippen MR) is 80.3 cm³/mol. The van der Waals surface area contributed by atoms with E-state index in [1.54, 1.807) is 10.4 Å². The third kappa shape index (κ3) is 3.16. The normalized spacial score (nSPS) is 21.7. The molecule has 0 aliphatic carbocycles. The number of hydrogen-bond donors (Lipinski definition) is 1. The lowest BCUT2D eigenvalue weighted by Gasteiger charge is -2.30. The van der Waals surface area contributed by atoms with Gasteiger partial charge in [-0.25, -0.2) is 8.42 Å². The largest absolute Gasteiger partial charge is 0.391 e. The van der Waals surface area contributed by atoms with E-state index < -0.39 is 10.0 Å². The molecule has 1 saturated heterocycles. The van der Waals surface area contributed by atoms with E-state index in [4.69, 9.17) is 0 Å². The second-order valence-electron chi connectivity index (χ2n) is 4.59. The molecule has 1 aromatic heterocycles. The van der Waals surface area contributed by atoms with Crippen LogP contribution in [0.5, 0.6) is 0 Å². The maximum absolute atomic E-state index is 12.6. The first-order chi connectivity index (χ1) is 8.98. The van der Waals surface area contributed by atoms with E-state index in [1.807, 2.05) is 18.7 Å². The first-order valence-corrected chi connectivity index (χ1v) is 9.61. The summed E-state index contributed by atoms with van der Waals surface area (Å²) in [6.07, 6.45) is 0.988. The van der Waals surface area contributed by atoms with Crippen LogP contribution < -0.4 is 0 Å². The third-order valence-electron chi connectivity index (χ3n) is 3.29. The molecule has 1 atom stereocenters. The van der Waals surface area contributed by atoms with Crippen molar-refractivity contribution in [2.24, 2.45) is 0 Å². The highest BCUT2D eigenvalue weighted by molar-refractivity contribution is 8.00. The fraction of sp³-hybridized carbons (Fsp3) is 0.667. The lowest BCUT2D eigenvalue weighted by atomic mass is 10.3. The van der Waals surface area contributed by atoms with Crippen molar-refractivity contribution in [3.05, 3.63) is 16.5 Å². The van der Waals surface area contributed by atoms with Crippen LogP contribution in [0.1, 0.15) is 23.8 Å². The van der Waals surface area contributed by atoms with Crippen molar-refractivity contribution < 1.29 is 13.5 Å². The summed E-state index contributed by atoms with van der Waals surface area (Å²) in [5.74, 6) is 0.856. The summed E-state index contributed by atoms with van der Waals surface area (Å²) in [7, 11) is -3.39. The maximum atomic E-state index is 12.6. The Hall–Kier alpha value is -0.0800. The first-order valence-electron chi connectivity index (χ1n) is 6.31. The molecule has 108 valence electrons. The lowest BCUT2D eigenvalue weighted by Crippen LogP contribution is -2.41. The summed E-state index contributed by atoms with van der Waals surface area (Å²) in [6.45, 7) is 5.00. The Bertz CT molecular complexity index is 538. The third-order valence-corrected chi connectivity index (χ3v) is 8.20. The van der Waals surface area contributed by atoms with E-state index in [2.05, 4.69) is 6.92 Å². The van der Waals surface area contributed by atoms with Crippen LogP contribution in [-0.4, -0.2) is 41.9 Å². The summed E-state index contributed by atoms with van der Waals surface area (Å²) in [6, 6.07) is 1.67. The van der Waals surface area contributed by atoms with Crippen LogP contribution in [0.25, 0.3) is 0 Å². The number of hydrogen-bond acceptors (Lipinski definition) is 5. The Morgan fingerprint density at radius 2 is 2.26 bits per heavy atom. The molecule has 4 nitrogen and oxygen atoms in total. The molecular formula is C12H19NO3S3. The van der Waals surface area contributed by atoms with Gasteiger partial charge in [0.05, 0.1) is 6.61 Å². The number of nitrogens with zero attached hydrogens (tertiary/aromatic N) is 1. The summed E-state index contributed by atoms with van der Waals surface area (Å²) < 4.78 is 27.1. The van der Waals surface area contributed by atoms with Crippen molar-refractivity contribution >= 4 is 33.1 Å². The molecular weight excluding hydrogens is 302 g/mol. The zero-order valence-corrected chi connectivity index (χ0v) is 13.6. The Morgan fingerprint density at radius 3 is 2.84 bits per heavy atom. The van der Waals surface area contributed by atoms with Gasteiger partial charge in [-0.05, 0) is 25.0 Å². The van der Waals surface area contributed by atoms with Crippen molar-refractivity contribution in [3.63, 3.8) is 0 Å². The van der Waals surface area contributed by atoms with E-state index >= 15 is 0 Å². The average Bonchev–Trinajstić information content (AvgIpc) is 2.80. The topological polar surface area (TPSA) is 57.6 Å². The quantitative estimate of drug-likeness (QED) is 0.922. The number of sulfonamides is 1. The molecule has 0 bridgehead atoms. The van der Waals surface area contributed by atoms with Gasteiger partial charge in [-0.2, -0.15) is 16.1 Å². The van der Waals surface area contributed by atoms with Gasteiger partial charge < -0.3 is 5.11 Å². The Kier molecular flexibility index (Phi) is 4.94. The molecule has 0 amide bonds. The zero-order chi connectivity index (χ0) is 14.0. The van der Waals surface area contributed by atoms with Crippen LogP contribution >= 0.6 is 23.1 Å². The number of aliphatic hydroxyl groups is 1. The molecule has 0 saturated carbocycles. The minimum absolute atomic E-state index is 0.0978. The molecule has 1 aliphatic heterocycles. The average molecular weight is 321 g/mol. The smallest absolute Gasteiger partial charge is 0.252 e. The highest BCUT2D eigenvalue weighted by Gasteiger charge is 2.31. The van der Waals surface area contributed by atoms with Crippen molar-refractivity contribution in [3.8, 4) is 0 Å². The van der Waals surface area contributed by atoms with Crippen LogP contribution in [0.2, 0.25) is 0 Å². The fourth-order valence-corrected chi connectivity index (χ4v) is 6.54. The van der Waals surface area contributed by atoms with Gasteiger partial charge in [0.1, 0.15) is 4.21 Å². The maximum Gasteiger partial charge on any atom is 0.252 e. The van der Waals surface area contributed by atoms with Crippen LogP contribution in [0.15, 0.2) is 10.3 Å². The van der Waals surface area contributed by atoms with Crippen LogP contribution in [-0.2, 0) is 16.6 Å². The van der Waals surface area contributed by atoms with Gasteiger partial charge in [-0.1, -0.05) is 6.92 Å². The number of thiophene rings is 1. The standard InChI is InChI=1S/C12H19NO3S3/c1-3-10-7-13(4-5-17-10)19(15,16)12-6-9(2)11(8-14)18-12/h6,10,14H,3-5,7-8H2,1-2H3. The van der Waals surface area contributed by atoms with Crippen LogP contribution in [0, 0.1) is 6.92 Å². The van der Waals surface area contributed by atoms with Gasteiger partial charge in [-0.15, -0.1) is 11.3 Å². The molecule has 0 aromatic carbocycles. The summed E-state index contributed by atoms with van der Waals surface area (Å²) >= 11 is 3.03. The SMILES string of the molecule is CCC1CN(S(=O)(=O)c2cc(C)c(CO)s2)CCS1. The van der Waals surface area contributed by atoms with Crippen LogP contribution in [0.4, 0.5) is 0 Å². The predicted octanol–water partition coefficient (Wildman–Crippen LogP) is 2.06. The van der Waals surface area contributed by atoms with Gasteiger partial charge >= 0.3 is 0 Å². The van der Waals surface area contributed by atoms with E-state index in [1.165, 1.54) is 11.3 Å². The minimum atomic E-state index is -3.39. The molecule has 0 radical (unpaired) electrons. The summed E-state index contributed by atoms with van der Waals surface area (Å²) in [5.41, 5.74) is 0.851. The van der Waals surface area contributed by atoms with E-state index in [9.17, 15) is 13.5 Å². The van der Waals surface area contributed by atoms with Gasteiger partial charge in [0, 0.05) is 29.0 Å². The minimum Gasteiger partial charge on any atom is -0.391 e. The zero-order valence-electron chi connectivity index (χ0n) is 11.1.